The Labute approximate surface area is 94.8 Å². The number of rotatable bonds is 3. The van der Waals surface area contributed by atoms with Gasteiger partial charge < -0.3 is 14.5 Å². The first-order chi connectivity index (χ1) is 7.59. The van der Waals surface area contributed by atoms with Crippen molar-refractivity contribution in [2.45, 2.75) is 20.3 Å². The smallest absolute Gasteiger partial charge is 0.464 e. The summed E-state index contributed by atoms with van der Waals surface area (Å²) in [6.07, 6.45) is 2.51. The molecule has 0 saturated carbocycles. The van der Waals surface area contributed by atoms with Crippen molar-refractivity contribution in [1.82, 2.24) is 0 Å². The Bertz CT molecular complexity index is 488. The van der Waals surface area contributed by atoms with Crippen LogP contribution in [0.5, 0.6) is 0 Å². The maximum absolute atomic E-state index is 9.23. The van der Waals surface area contributed by atoms with Gasteiger partial charge in [0.1, 0.15) is 5.58 Å². The van der Waals surface area contributed by atoms with E-state index in [1.807, 2.05) is 6.07 Å². The van der Waals surface area contributed by atoms with Gasteiger partial charge in [-0.3, -0.25) is 0 Å². The van der Waals surface area contributed by atoms with Gasteiger partial charge in [-0.25, -0.2) is 0 Å². The van der Waals surface area contributed by atoms with Crippen molar-refractivity contribution in [3.05, 3.63) is 30.0 Å². The Balaban J connectivity index is 2.55. The average Bonchev–Trinajstić information content (AvgIpc) is 2.65. The van der Waals surface area contributed by atoms with Crippen LogP contribution in [-0.4, -0.2) is 17.2 Å². The standard InChI is InChI=1S/C12H15BO3/c1-8(2)7-9-3-4-11(13(14)15)10-5-6-16-12(9)10/h3-6,8,14-15H,7H2,1-2H3. The van der Waals surface area contributed by atoms with Crippen molar-refractivity contribution in [3.8, 4) is 0 Å². The molecule has 0 radical (unpaired) electrons. The van der Waals surface area contributed by atoms with E-state index in [-0.39, 0.29) is 0 Å². The van der Waals surface area contributed by atoms with Crippen LogP contribution in [0.25, 0.3) is 11.0 Å². The van der Waals surface area contributed by atoms with Crippen LogP contribution in [0.2, 0.25) is 0 Å². The molecule has 1 aromatic carbocycles. The third-order valence-electron chi connectivity index (χ3n) is 2.64. The fourth-order valence-electron chi connectivity index (χ4n) is 1.97. The lowest BCUT2D eigenvalue weighted by Crippen LogP contribution is -2.30. The second-order valence-electron chi connectivity index (χ2n) is 4.45. The quantitative estimate of drug-likeness (QED) is 0.763. The number of fused-ring (bicyclic) bond motifs is 1. The molecule has 0 spiro atoms. The van der Waals surface area contributed by atoms with E-state index >= 15 is 0 Å². The van der Waals surface area contributed by atoms with Crippen LogP contribution in [-0.2, 0) is 6.42 Å². The van der Waals surface area contributed by atoms with Crippen molar-refractivity contribution in [3.63, 3.8) is 0 Å². The highest BCUT2D eigenvalue weighted by atomic mass is 16.4. The topological polar surface area (TPSA) is 53.6 Å². The lowest BCUT2D eigenvalue weighted by molar-refractivity contribution is 0.426. The molecule has 0 unspecified atom stereocenters. The van der Waals surface area contributed by atoms with Crippen molar-refractivity contribution >= 4 is 23.6 Å². The Morgan fingerprint density at radius 2 is 2.00 bits per heavy atom. The highest BCUT2D eigenvalue weighted by Crippen LogP contribution is 2.21. The maximum Gasteiger partial charge on any atom is 0.489 e. The SMILES string of the molecule is CC(C)Cc1ccc(B(O)O)c2ccoc12. The third kappa shape index (κ3) is 1.99. The van der Waals surface area contributed by atoms with Crippen LogP contribution in [0.4, 0.5) is 0 Å². The van der Waals surface area contributed by atoms with Crippen LogP contribution < -0.4 is 5.46 Å². The Kier molecular flexibility index (Phi) is 3.03. The van der Waals surface area contributed by atoms with E-state index in [1.165, 1.54) is 0 Å². The molecular formula is C12H15BO3. The predicted molar refractivity (Wildman–Crippen MR) is 64.6 cm³/mol. The van der Waals surface area contributed by atoms with Crippen LogP contribution in [0.3, 0.4) is 0 Å². The van der Waals surface area contributed by atoms with E-state index < -0.39 is 7.12 Å². The van der Waals surface area contributed by atoms with Gasteiger partial charge >= 0.3 is 7.12 Å². The molecule has 0 amide bonds. The van der Waals surface area contributed by atoms with Gasteiger partial charge in [0.2, 0.25) is 0 Å². The van der Waals surface area contributed by atoms with E-state index in [9.17, 15) is 10.0 Å². The molecule has 84 valence electrons. The first-order valence-electron chi connectivity index (χ1n) is 5.44. The van der Waals surface area contributed by atoms with Gasteiger partial charge in [0.25, 0.3) is 0 Å². The lowest BCUT2D eigenvalue weighted by atomic mass is 9.77. The van der Waals surface area contributed by atoms with Gasteiger partial charge in [0, 0.05) is 5.39 Å². The minimum atomic E-state index is -1.45. The number of furan rings is 1. The summed E-state index contributed by atoms with van der Waals surface area (Å²) in [5, 5.41) is 19.2. The molecule has 0 fully saturated rings. The highest BCUT2D eigenvalue weighted by molar-refractivity contribution is 6.61. The first-order valence-corrected chi connectivity index (χ1v) is 5.44. The second-order valence-corrected chi connectivity index (χ2v) is 4.45. The van der Waals surface area contributed by atoms with Crippen LogP contribution in [0.1, 0.15) is 19.4 Å². The molecule has 1 aromatic heterocycles. The summed E-state index contributed by atoms with van der Waals surface area (Å²) in [5.41, 5.74) is 2.37. The lowest BCUT2D eigenvalue weighted by Gasteiger charge is -2.08. The zero-order chi connectivity index (χ0) is 11.7. The minimum Gasteiger partial charge on any atom is -0.464 e. The summed E-state index contributed by atoms with van der Waals surface area (Å²) in [5.74, 6) is 0.540. The van der Waals surface area contributed by atoms with Gasteiger partial charge in [0.15, 0.2) is 0 Å². The van der Waals surface area contributed by atoms with Crippen molar-refractivity contribution in [2.75, 3.05) is 0 Å². The van der Waals surface area contributed by atoms with Gasteiger partial charge in [-0.15, -0.1) is 0 Å². The second kappa shape index (κ2) is 4.32. The van der Waals surface area contributed by atoms with E-state index in [4.69, 9.17) is 4.42 Å². The van der Waals surface area contributed by atoms with Crippen molar-refractivity contribution in [1.29, 1.82) is 0 Å². The number of hydrogen-bond donors (Lipinski definition) is 2. The van der Waals surface area contributed by atoms with E-state index in [2.05, 4.69) is 13.8 Å². The average molecular weight is 218 g/mol. The first kappa shape index (κ1) is 11.2. The van der Waals surface area contributed by atoms with Gasteiger partial charge in [-0.1, -0.05) is 26.0 Å². The minimum absolute atomic E-state index is 0.497. The molecule has 0 aliphatic rings. The van der Waals surface area contributed by atoms with Crippen LogP contribution in [0, 0.1) is 5.92 Å². The molecule has 2 N–H and O–H groups in total. The summed E-state index contributed by atoms with van der Waals surface area (Å²) >= 11 is 0. The molecule has 0 bridgehead atoms. The predicted octanol–water partition coefficient (Wildman–Crippen LogP) is 1.31. The number of benzene rings is 1. The monoisotopic (exact) mass is 218 g/mol. The van der Waals surface area contributed by atoms with Crippen molar-refractivity contribution < 1.29 is 14.5 Å². The fraction of sp³-hybridized carbons (Fsp3) is 0.333. The zero-order valence-electron chi connectivity index (χ0n) is 9.47. The molecule has 0 aliphatic heterocycles. The summed E-state index contributed by atoms with van der Waals surface area (Å²) in [6.45, 7) is 4.28. The molecule has 2 rings (SSSR count). The van der Waals surface area contributed by atoms with Crippen LogP contribution in [0.15, 0.2) is 28.9 Å². The van der Waals surface area contributed by atoms with Gasteiger partial charge in [-0.05, 0) is 29.4 Å². The zero-order valence-corrected chi connectivity index (χ0v) is 9.47. The van der Waals surface area contributed by atoms with Crippen LogP contribution >= 0.6 is 0 Å². The maximum atomic E-state index is 9.23. The molecular weight excluding hydrogens is 203 g/mol. The largest absolute Gasteiger partial charge is 0.489 e. The highest BCUT2D eigenvalue weighted by Gasteiger charge is 2.18. The summed E-state index contributed by atoms with van der Waals surface area (Å²) in [4.78, 5) is 0. The summed E-state index contributed by atoms with van der Waals surface area (Å²) < 4.78 is 5.42. The molecule has 0 aliphatic carbocycles. The molecule has 4 heteroatoms. The van der Waals surface area contributed by atoms with E-state index in [0.717, 1.165) is 23.0 Å². The van der Waals surface area contributed by atoms with Gasteiger partial charge in [-0.2, -0.15) is 0 Å². The summed E-state index contributed by atoms with van der Waals surface area (Å²) in [7, 11) is -1.45. The molecule has 1 heterocycles. The summed E-state index contributed by atoms with van der Waals surface area (Å²) in [6, 6.07) is 5.43. The Morgan fingerprint density at radius 1 is 1.25 bits per heavy atom. The Morgan fingerprint density at radius 3 is 2.62 bits per heavy atom. The fourth-order valence-corrected chi connectivity index (χ4v) is 1.97. The van der Waals surface area contributed by atoms with Crippen molar-refractivity contribution in [2.24, 2.45) is 5.92 Å². The Hall–Kier alpha value is -1.26. The molecule has 3 nitrogen and oxygen atoms in total. The van der Waals surface area contributed by atoms with Gasteiger partial charge in [0.05, 0.1) is 6.26 Å². The molecule has 2 aromatic rings. The normalized spacial score (nSPS) is 11.3. The molecule has 16 heavy (non-hydrogen) atoms. The third-order valence-corrected chi connectivity index (χ3v) is 2.64. The molecule has 0 saturated heterocycles. The van der Waals surface area contributed by atoms with E-state index in [0.29, 0.717) is 11.4 Å². The molecule has 0 atom stereocenters. The van der Waals surface area contributed by atoms with E-state index in [1.54, 1.807) is 18.4 Å². The number of hydrogen-bond acceptors (Lipinski definition) is 3.